The molecule has 2 aromatic heterocycles. The highest BCUT2D eigenvalue weighted by Crippen LogP contribution is 2.17. The van der Waals surface area contributed by atoms with Crippen LogP contribution in [0.5, 0.6) is 0 Å². The zero-order valence-corrected chi connectivity index (χ0v) is 8.87. The summed E-state index contributed by atoms with van der Waals surface area (Å²) in [6, 6.07) is 0. The summed E-state index contributed by atoms with van der Waals surface area (Å²) >= 11 is 0. The van der Waals surface area contributed by atoms with Gasteiger partial charge in [-0.25, -0.2) is 5.10 Å². The smallest absolute Gasteiger partial charge is 0.272 e. The molecule has 2 aromatic rings. The number of nitrogens with one attached hydrogen (secondary N) is 1. The average molecular weight is 218 g/mol. The van der Waals surface area contributed by atoms with Gasteiger partial charge in [-0.3, -0.25) is 14.6 Å². The van der Waals surface area contributed by atoms with Crippen molar-refractivity contribution < 1.29 is 4.79 Å². The number of aromatic nitrogens is 3. The van der Waals surface area contributed by atoms with Gasteiger partial charge >= 0.3 is 0 Å². The second kappa shape index (κ2) is 3.41. The lowest BCUT2D eigenvalue weighted by molar-refractivity contribution is 0.100. The molecule has 3 N–H and O–H groups in total. The van der Waals surface area contributed by atoms with Gasteiger partial charge in [0, 0.05) is 11.6 Å². The van der Waals surface area contributed by atoms with E-state index in [0.29, 0.717) is 16.8 Å². The monoisotopic (exact) mass is 218 g/mol. The molecular formula is C10H10N4O2. The summed E-state index contributed by atoms with van der Waals surface area (Å²) in [5.74, 6) is -0.660. The van der Waals surface area contributed by atoms with Crippen molar-refractivity contribution in [1.29, 1.82) is 0 Å². The number of hydrogen-bond acceptors (Lipinski definition) is 4. The quantitative estimate of drug-likeness (QED) is 0.705. The number of primary amides is 1. The molecule has 0 radical (unpaired) electrons. The normalized spacial score (nSPS) is 10.6. The molecule has 6 nitrogen and oxygen atoms in total. The number of pyridine rings is 1. The van der Waals surface area contributed by atoms with Crippen molar-refractivity contribution in [3.63, 3.8) is 0 Å². The number of nitrogens with zero attached hydrogens (tertiary/aromatic N) is 2. The molecule has 6 heteroatoms. The number of aryl methyl sites for hydroxylation is 2. The number of amides is 1. The fourth-order valence-corrected chi connectivity index (χ4v) is 1.67. The number of aromatic amines is 1. The molecule has 0 aliphatic carbocycles. The summed E-state index contributed by atoms with van der Waals surface area (Å²) in [7, 11) is 0. The largest absolute Gasteiger partial charge is 0.366 e. The maximum absolute atomic E-state index is 11.7. The fourth-order valence-electron chi connectivity index (χ4n) is 1.67. The van der Waals surface area contributed by atoms with E-state index in [4.69, 9.17) is 5.73 Å². The Labute approximate surface area is 90.5 Å². The standard InChI is InChI=1S/C10H10N4O2/c1-4-6-3-12-5(2)7(9(11)15)8(6)10(16)14-13-4/h3H,1-2H3,(H2,11,15)(H,14,16). The van der Waals surface area contributed by atoms with Crippen LogP contribution in [-0.2, 0) is 0 Å². The van der Waals surface area contributed by atoms with Crippen LogP contribution in [0.15, 0.2) is 11.0 Å². The van der Waals surface area contributed by atoms with Crippen molar-refractivity contribution in [2.24, 2.45) is 5.73 Å². The van der Waals surface area contributed by atoms with Crippen LogP contribution in [-0.4, -0.2) is 21.1 Å². The third-order valence-electron chi connectivity index (χ3n) is 2.46. The van der Waals surface area contributed by atoms with Crippen LogP contribution in [0.1, 0.15) is 21.7 Å². The second-order valence-electron chi connectivity index (χ2n) is 3.51. The molecule has 0 aromatic carbocycles. The second-order valence-corrected chi connectivity index (χ2v) is 3.51. The number of H-pyrrole nitrogens is 1. The van der Waals surface area contributed by atoms with E-state index in [0.717, 1.165) is 0 Å². The van der Waals surface area contributed by atoms with Gasteiger partial charge < -0.3 is 5.73 Å². The lowest BCUT2D eigenvalue weighted by Crippen LogP contribution is -2.20. The van der Waals surface area contributed by atoms with Gasteiger partial charge in [-0.15, -0.1) is 0 Å². The predicted molar refractivity (Wildman–Crippen MR) is 58.2 cm³/mol. The average Bonchev–Trinajstić information content (AvgIpc) is 2.23. The van der Waals surface area contributed by atoms with Crippen LogP contribution in [0.25, 0.3) is 10.8 Å². The van der Waals surface area contributed by atoms with Crippen LogP contribution >= 0.6 is 0 Å². The van der Waals surface area contributed by atoms with Crippen LogP contribution in [0.2, 0.25) is 0 Å². The van der Waals surface area contributed by atoms with Crippen molar-refractivity contribution in [2.75, 3.05) is 0 Å². The minimum absolute atomic E-state index is 0.157. The van der Waals surface area contributed by atoms with E-state index >= 15 is 0 Å². The van der Waals surface area contributed by atoms with Gasteiger partial charge in [-0.05, 0) is 13.8 Å². The van der Waals surface area contributed by atoms with Crippen LogP contribution < -0.4 is 11.3 Å². The Bertz CT molecular complexity index is 645. The first kappa shape index (κ1) is 10.3. The molecule has 82 valence electrons. The summed E-state index contributed by atoms with van der Waals surface area (Å²) in [6.07, 6.45) is 1.52. The summed E-state index contributed by atoms with van der Waals surface area (Å²) in [5.41, 5.74) is 6.02. The van der Waals surface area contributed by atoms with E-state index in [1.807, 2.05) is 0 Å². The van der Waals surface area contributed by atoms with Gasteiger partial charge in [0.1, 0.15) is 0 Å². The summed E-state index contributed by atoms with van der Waals surface area (Å²) < 4.78 is 0. The number of nitrogens with two attached hydrogens (primary N) is 1. The Morgan fingerprint density at radius 1 is 1.38 bits per heavy atom. The topological polar surface area (TPSA) is 102 Å². The van der Waals surface area contributed by atoms with Gasteiger partial charge in [0.15, 0.2) is 0 Å². The third-order valence-corrected chi connectivity index (χ3v) is 2.46. The molecule has 0 aliphatic rings. The Morgan fingerprint density at radius 2 is 2.06 bits per heavy atom. The van der Waals surface area contributed by atoms with Crippen LogP contribution in [0.4, 0.5) is 0 Å². The molecule has 1 amide bonds. The number of carbonyl (C=O) groups is 1. The van der Waals surface area contributed by atoms with Crippen LogP contribution in [0.3, 0.4) is 0 Å². The zero-order chi connectivity index (χ0) is 11.9. The maximum Gasteiger partial charge on any atom is 0.272 e. The van der Waals surface area contributed by atoms with E-state index < -0.39 is 11.5 Å². The van der Waals surface area contributed by atoms with Crippen molar-refractivity contribution in [3.05, 3.63) is 33.5 Å². The summed E-state index contributed by atoms with van der Waals surface area (Å²) in [4.78, 5) is 27.0. The van der Waals surface area contributed by atoms with E-state index in [1.54, 1.807) is 13.8 Å². The number of fused-ring (bicyclic) bond motifs is 1. The van der Waals surface area contributed by atoms with Gasteiger partial charge in [-0.2, -0.15) is 5.10 Å². The summed E-state index contributed by atoms with van der Waals surface area (Å²) in [5, 5.41) is 6.93. The Kier molecular flexibility index (Phi) is 2.19. The molecule has 0 bridgehead atoms. The molecule has 16 heavy (non-hydrogen) atoms. The maximum atomic E-state index is 11.7. The highest BCUT2D eigenvalue weighted by molar-refractivity contribution is 6.06. The number of rotatable bonds is 1. The van der Waals surface area contributed by atoms with Crippen molar-refractivity contribution in [3.8, 4) is 0 Å². The first-order valence-electron chi connectivity index (χ1n) is 4.66. The fraction of sp³-hybridized carbons (Fsp3) is 0.200. The minimum atomic E-state index is -0.660. The first-order valence-corrected chi connectivity index (χ1v) is 4.66. The van der Waals surface area contributed by atoms with Crippen molar-refractivity contribution in [1.82, 2.24) is 15.2 Å². The SMILES string of the molecule is Cc1ncc2c(C)n[nH]c(=O)c2c1C(N)=O. The Morgan fingerprint density at radius 3 is 2.69 bits per heavy atom. The molecule has 0 unspecified atom stereocenters. The first-order chi connectivity index (χ1) is 7.52. The van der Waals surface area contributed by atoms with Gasteiger partial charge in [-0.1, -0.05) is 0 Å². The van der Waals surface area contributed by atoms with Gasteiger partial charge in [0.25, 0.3) is 11.5 Å². The predicted octanol–water partition coefficient (Wildman–Crippen LogP) is 0.0338. The van der Waals surface area contributed by atoms with Crippen LogP contribution in [0, 0.1) is 13.8 Å². The van der Waals surface area contributed by atoms with E-state index in [2.05, 4.69) is 15.2 Å². The molecule has 0 atom stereocenters. The van der Waals surface area contributed by atoms with E-state index in [9.17, 15) is 9.59 Å². The molecule has 0 aliphatic heterocycles. The molecule has 0 fully saturated rings. The molecule has 0 spiro atoms. The molecule has 2 heterocycles. The molecule has 0 saturated carbocycles. The van der Waals surface area contributed by atoms with Gasteiger partial charge in [0.05, 0.1) is 22.3 Å². The van der Waals surface area contributed by atoms with Gasteiger partial charge in [0.2, 0.25) is 0 Å². The lowest BCUT2D eigenvalue weighted by Gasteiger charge is -2.06. The molecule has 2 rings (SSSR count). The molecular weight excluding hydrogens is 208 g/mol. The van der Waals surface area contributed by atoms with Crippen molar-refractivity contribution in [2.45, 2.75) is 13.8 Å². The summed E-state index contributed by atoms with van der Waals surface area (Å²) in [6.45, 7) is 3.36. The van der Waals surface area contributed by atoms with E-state index in [-0.39, 0.29) is 10.9 Å². The highest BCUT2D eigenvalue weighted by Gasteiger charge is 2.15. The number of carbonyl (C=O) groups excluding carboxylic acids is 1. The third kappa shape index (κ3) is 1.35. The molecule has 0 saturated heterocycles. The Hall–Kier alpha value is -2.24. The van der Waals surface area contributed by atoms with Crippen molar-refractivity contribution >= 4 is 16.7 Å². The highest BCUT2D eigenvalue weighted by atomic mass is 16.1. The number of hydrogen-bond donors (Lipinski definition) is 2. The minimum Gasteiger partial charge on any atom is -0.366 e. The van der Waals surface area contributed by atoms with E-state index in [1.165, 1.54) is 6.20 Å². The zero-order valence-electron chi connectivity index (χ0n) is 8.87. The Balaban J connectivity index is 3.09. The lowest BCUT2D eigenvalue weighted by atomic mass is 10.1.